The summed E-state index contributed by atoms with van der Waals surface area (Å²) >= 11 is 1.32. The molecule has 0 saturated carbocycles. The third kappa shape index (κ3) is 4.80. The Morgan fingerprint density at radius 1 is 1.41 bits per heavy atom. The fourth-order valence-electron chi connectivity index (χ4n) is 3.11. The van der Waals surface area contributed by atoms with Gasteiger partial charge in [-0.3, -0.25) is 4.79 Å². The van der Waals surface area contributed by atoms with E-state index in [0.29, 0.717) is 22.9 Å². The van der Waals surface area contributed by atoms with Crippen molar-refractivity contribution >= 4 is 33.7 Å². The maximum Gasteiger partial charge on any atom is 0.252 e. The average molecular weight is 415 g/mol. The summed E-state index contributed by atoms with van der Waals surface area (Å²) in [4.78, 5) is 17.4. The molecule has 5 N–H and O–H groups in total. The molecule has 2 aromatic heterocycles. The first-order valence-corrected chi connectivity index (χ1v) is 10.4. The lowest BCUT2D eigenvalue weighted by molar-refractivity contribution is 0.0952. The van der Waals surface area contributed by atoms with Gasteiger partial charge in [0, 0.05) is 18.5 Å². The fourth-order valence-corrected chi connectivity index (χ4v) is 3.90. The molecule has 0 aliphatic rings. The van der Waals surface area contributed by atoms with Gasteiger partial charge in [-0.05, 0) is 50.2 Å². The normalized spacial score (nSPS) is 13.0. The van der Waals surface area contributed by atoms with Gasteiger partial charge in [0.05, 0.1) is 22.7 Å². The molecule has 1 atom stereocenters. The molecule has 29 heavy (non-hydrogen) atoms. The molecular formula is C20H26N6O2S. The van der Waals surface area contributed by atoms with Crippen LogP contribution in [0.1, 0.15) is 42.2 Å². The standard InChI is InChI=1S/C20H26N6O2S/c1-3-18-24-15-12-14(7-8-16(15)26(18)10-5-9-21)19(27)23-13(2)29-20(25-22)17-6-4-11-28-17/h4,6-8,11-13H,3,5,9-10,21-22H2,1-2H3,(H,23,27)/b25-20-. The minimum absolute atomic E-state index is 0.183. The number of benzene rings is 1. The quantitative estimate of drug-likeness (QED) is 0.171. The van der Waals surface area contributed by atoms with E-state index in [0.717, 1.165) is 36.2 Å². The number of hydrogen-bond donors (Lipinski definition) is 3. The molecule has 1 unspecified atom stereocenters. The lowest BCUT2D eigenvalue weighted by Crippen LogP contribution is -2.31. The molecule has 0 radical (unpaired) electrons. The Morgan fingerprint density at radius 2 is 2.24 bits per heavy atom. The Hall–Kier alpha value is -2.78. The Balaban J connectivity index is 1.73. The molecule has 0 saturated heterocycles. The maximum atomic E-state index is 12.7. The summed E-state index contributed by atoms with van der Waals surface area (Å²) in [6.45, 7) is 5.39. The van der Waals surface area contributed by atoms with E-state index in [1.807, 2.05) is 25.1 Å². The first-order valence-electron chi connectivity index (χ1n) is 9.55. The predicted octanol–water partition coefficient (Wildman–Crippen LogP) is 2.67. The van der Waals surface area contributed by atoms with Crippen LogP contribution >= 0.6 is 11.8 Å². The summed E-state index contributed by atoms with van der Waals surface area (Å²) in [5.74, 6) is 6.84. The molecule has 3 rings (SSSR count). The monoisotopic (exact) mass is 414 g/mol. The molecule has 2 heterocycles. The molecular weight excluding hydrogens is 388 g/mol. The van der Waals surface area contributed by atoms with E-state index in [4.69, 9.17) is 21.0 Å². The molecule has 154 valence electrons. The Morgan fingerprint density at radius 3 is 2.90 bits per heavy atom. The van der Waals surface area contributed by atoms with Crippen molar-refractivity contribution < 1.29 is 9.21 Å². The molecule has 0 aliphatic heterocycles. The van der Waals surface area contributed by atoms with E-state index in [1.165, 1.54) is 11.8 Å². The number of hydrogen-bond acceptors (Lipinski definition) is 7. The predicted molar refractivity (Wildman–Crippen MR) is 117 cm³/mol. The van der Waals surface area contributed by atoms with Crippen LogP contribution in [0.4, 0.5) is 0 Å². The zero-order valence-electron chi connectivity index (χ0n) is 16.6. The number of aryl methyl sites for hydroxylation is 2. The highest BCUT2D eigenvalue weighted by atomic mass is 32.2. The van der Waals surface area contributed by atoms with Crippen molar-refractivity contribution in [3.05, 3.63) is 53.7 Å². The van der Waals surface area contributed by atoms with E-state index < -0.39 is 0 Å². The summed E-state index contributed by atoms with van der Waals surface area (Å²) in [7, 11) is 0. The lowest BCUT2D eigenvalue weighted by atomic mass is 10.2. The number of nitrogens with zero attached hydrogens (tertiary/aromatic N) is 3. The second kappa shape index (κ2) is 9.62. The van der Waals surface area contributed by atoms with Gasteiger partial charge in [-0.25, -0.2) is 4.98 Å². The van der Waals surface area contributed by atoms with Gasteiger partial charge in [-0.2, -0.15) is 5.10 Å². The van der Waals surface area contributed by atoms with Crippen LogP contribution in [0.2, 0.25) is 0 Å². The van der Waals surface area contributed by atoms with E-state index in [-0.39, 0.29) is 11.3 Å². The van der Waals surface area contributed by atoms with Crippen molar-refractivity contribution in [1.29, 1.82) is 0 Å². The van der Waals surface area contributed by atoms with Crippen molar-refractivity contribution in [1.82, 2.24) is 14.9 Å². The van der Waals surface area contributed by atoms with Crippen molar-refractivity contribution in [3.8, 4) is 0 Å². The van der Waals surface area contributed by atoms with Crippen LogP contribution in [0, 0.1) is 0 Å². The molecule has 0 bridgehead atoms. The molecule has 9 heteroatoms. The summed E-state index contributed by atoms with van der Waals surface area (Å²) in [5.41, 5.74) is 8.04. The van der Waals surface area contributed by atoms with E-state index >= 15 is 0 Å². The minimum atomic E-state index is -0.251. The number of fused-ring (bicyclic) bond motifs is 1. The van der Waals surface area contributed by atoms with Crippen molar-refractivity contribution in [2.45, 2.75) is 38.6 Å². The zero-order valence-corrected chi connectivity index (χ0v) is 17.4. The van der Waals surface area contributed by atoms with Gasteiger partial charge in [0.2, 0.25) is 0 Å². The Labute approximate surface area is 173 Å². The van der Waals surface area contributed by atoms with Crippen LogP contribution in [0.25, 0.3) is 11.0 Å². The lowest BCUT2D eigenvalue weighted by Gasteiger charge is -2.13. The number of nitrogens with one attached hydrogen (secondary N) is 1. The van der Waals surface area contributed by atoms with Crippen LogP contribution in [-0.2, 0) is 13.0 Å². The van der Waals surface area contributed by atoms with Crippen LogP contribution in [0.5, 0.6) is 0 Å². The first-order chi connectivity index (χ1) is 14.1. The number of furan rings is 1. The van der Waals surface area contributed by atoms with Crippen molar-refractivity contribution in [2.75, 3.05) is 6.54 Å². The number of aromatic nitrogens is 2. The smallest absolute Gasteiger partial charge is 0.252 e. The summed E-state index contributed by atoms with van der Waals surface area (Å²) in [6, 6.07) is 9.12. The van der Waals surface area contributed by atoms with Gasteiger partial charge < -0.3 is 25.9 Å². The first kappa shape index (κ1) is 20.9. The minimum Gasteiger partial charge on any atom is -0.462 e. The summed E-state index contributed by atoms with van der Waals surface area (Å²) in [6.07, 6.45) is 3.26. The molecule has 3 aromatic rings. The van der Waals surface area contributed by atoms with Crippen molar-refractivity contribution in [2.24, 2.45) is 16.7 Å². The maximum absolute atomic E-state index is 12.7. The Kier molecular flexibility index (Phi) is 6.95. The van der Waals surface area contributed by atoms with Crippen LogP contribution in [0.15, 0.2) is 46.1 Å². The number of carbonyl (C=O) groups excluding carboxylic acids is 1. The van der Waals surface area contributed by atoms with Gasteiger partial charge in [-0.15, -0.1) is 0 Å². The van der Waals surface area contributed by atoms with Gasteiger partial charge in [0.1, 0.15) is 5.82 Å². The highest BCUT2D eigenvalue weighted by Gasteiger charge is 2.17. The molecule has 1 amide bonds. The molecule has 0 aliphatic carbocycles. The van der Waals surface area contributed by atoms with Crippen molar-refractivity contribution in [3.63, 3.8) is 0 Å². The number of nitrogens with two attached hydrogens (primary N) is 2. The number of amides is 1. The second-order valence-corrected chi connectivity index (χ2v) is 7.85. The van der Waals surface area contributed by atoms with Gasteiger partial charge >= 0.3 is 0 Å². The van der Waals surface area contributed by atoms with E-state index in [1.54, 1.807) is 18.4 Å². The number of imidazole rings is 1. The Bertz CT molecular complexity index is 996. The molecule has 8 nitrogen and oxygen atoms in total. The highest BCUT2D eigenvalue weighted by molar-refractivity contribution is 8.14. The molecule has 0 spiro atoms. The van der Waals surface area contributed by atoms with Gasteiger partial charge in [0.25, 0.3) is 5.91 Å². The number of thioether (sulfide) groups is 1. The van der Waals surface area contributed by atoms with Crippen LogP contribution in [0.3, 0.4) is 0 Å². The fraction of sp³-hybridized carbons (Fsp3) is 0.350. The van der Waals surface area contributed by atoms with Crippen LogP contribution in [-0.4, -0.2) is 32.4 Å². The van der Waals surface area contributed by atoms with Crippen LogP contribution < -0.4 is 16.9 Å². The number of carbonyl (C=O) groups is 1. The topological polar surface area (TPSA) is 124 Å². The largest absolute Gasteiger partial charge is 0.462 e. The number of hydrazone groups is 1. The van der Waals surface area contributed by atoms with Gasteiger partial charge in [0.15, 0.2) is 10.8 Å². The number of rotatable bonds is 8. The summed E-state index contributed by atoms with van der Waals surface area (Å²) < 4.78 is 7.49. The zero-order chi connectivity index (χ0) is 20.8. The third-order valence-corrected chi connectivity index (χ3v) is 5.46. The molecule has 0 fully saturated rings. The average Bonchev–Trinajstić information content (AvgIpc) is 3.37. The van der Waals surface area contributed by atoms with E-state index in [9.17, 15) is 4.79 Å². The van der Waals surface area contributed by atoms with Gasteiger partial charge in [-0.1, -0.05) is 18.7 Å². The highest BCUT2D eigenvalue weighted by Crippen LogP contribution is 2.21. The van der Waals surface area contributed by atoms with E-state index in [2.05, 4.69) is 21.9 Å². The SMILES string of the molecule is CCc1nc2cc(C(=O)NC(C)S/C(=N\N)c3ccco3)ccc2n1CCCN. The second-order valence-electron chi connectivity index (χ2n) is 6.52. The summed E-state index contributed by atoms with van der Waals surface area (Å²) in [5, 5.41) is 6.97. The molecule has 1 aromatic carbocycles. The third-order valence-electron chi connectivity index (χ3n) is 4.46.